The van der Waals surface area contributed by atoms with Crippen molar-refractivity contribution in [3.63, 3.8) is 0 Å². The molecule has 3 aromatic heterocycles. The topological polar surface area (TPSA) is 102 Å². The maximum absolute atomic E-state index is 6.43. The molecule has 3 aromatic rings. The molecule has 0 atom stereocenters. The molecule has 0 saturated heterocycles. The molecule has 1 aliphatic rings. The van der Waals surface area contributed by atoms with Crippen LogP contribution in [0.2, 0.25) is 5.02 Å². The van der Waals surface area contributed by atoms with Crippen LogP contribution in [0, 0.1) is 0 Å². The summed E-state index contributed by atoms with van der Waals surface area (Å²) in [6, 6.07) is 8.28. The average molecular weight is 410 g/mol. The molecule has 0 aliphatic heterocycles. The smallest absolute Gasteiger partial charge is 0.219 e. The molecule has 3 heterocycles. The summed E-state index contributed by atoms with van der Waals surface area (Å²) >= 11 is 6.43. The predicted molar refractivity (Wildman–Crippen MR) is 117 cm³/mol. The first-order valence-electron chi connectivity index (χ1n) is 9.87. The Morgan fingerprint density at radius 3 is 2.59 bits per heavy atom. The van der Waals surface area contributed by atoms with Crippen molar-refractivity contribution < 1.29 is 0 Å². The molecule has 29 heavy (non-hydrogen) atoms. The zero-order chi connectivity index (χ0) is 20.1. The lowest BCUT2D eigenvalue weighted by molar-refractivity contribution is 0.462. The number of nitrogens with zero attached hydrogens (tertiary/aromatic N) is 4. The number of anilines is 3. The molecule has 0 aromatic carbocycles. The molecule has 8 heteroatoms. The van der Waals surface area contributed by atoms with Gasteiger partial charge in [0.2, 0.25) is 5.95 Å². The van der Waals surface area contributed by atoms with Crippen LogP contribution in [0.4, 0.5) is 17.6 Å². The van der Waals surface area contributed by atoms with Gasteiger partial charge in [0.15, 0.2) is 0 Å². The van der Waals surface area contributed by atoms with Gasteiger partial charge in [-0.2, -0.15) is 0 Å². The average Bonchev–Trinajstić information content (AvgIpc) is 2.76. The number of aromatic nitrogens is 4. The highest BCUT2D eigenvalue weighted by Crippen LogP contribution is 2.30. The van der Waals surface area contributed by atoms with E-state index in [4.69, 9.17) is 22.3 Å². The van der Waals surface area contributed by atoms with Crippen LogP contribution in [0.15, 0.2) is 42.9 Å². The van der Waals surface area contributed by atoms with Gasteiger partial charge in [0, 0.05) is 42.3 Å². The summed E-state index contributed by atoms with van der Waals surface area (Å²) in [4.78, 5) is 17.2. The van der Waals surface area contributed by atoms with E-state index >= 15 is 0 Å². The summed E-state index contributed by atoms with van der Waals surface area (Å²) in [5, 5.41) is 7.41. The van der Waals surface area contributed by atoms with Gasteiger partial charge in [-0.05, 0) is 31.0 Å². The van der Waals surface area contributed by atoms with Crippen LogP contribution in [0.5, 0.6) is 0 Å². The van der Waals surface area contributed by atoms with Gasteiger partial charge < -0.3 is 16.4 Å². The molecule has 0 spiro atoms. The van der Waals surface area contributed by atoms with Gasteiger partial charge in [0.05, 0.1) is 10.7 Å². The third-order valence-corrected chi connectivity index (χ3v) is 5.34. The van der Waals surface area contributed by atoms with E-state index in [0.29, 0.717) is 17.6 Å². The summed E-state index contributed by atoms with van der Waals surface area (Å²) in [6.45, 7) is 0.551. The standard InChI is InChI=1S/C21H24ClN7/c22-17-13-25-20(28-15-5-2-1-3-6-15)9-16(17)18-7-4-8-19(29-18)24-10-14-11-26-21(23)27-12-14/h4,7-9,11-13,15H,1-3,5-6,10H2,(H,24,29)(H,25,28)(H2,23,26,27). The molecular formula is C21H24ClN7. The molecule has 1 fully saturated rings. The summed E-state index contributed by atoms with van der Waals surface area (Å²) in [5.41, 5.74) is 8.10. The highest BCUT2D eigenvalue weighted by atomic mass is 35.5. The second kappa shape index (κ2) is 9.05. The van der Waals surface area contributed by atoms with Crippen molar-refractivity contribution in [3.05, 3.63) is 53.4 Å². The SMILES string of the molecule is Nc1ncc(CNc2cccc(-c3cc(NC4CCCCC4)ncc3Cl)n2)cn1. The first kappa shape index (κ1) is 19.4. The number of pyridine rings is 2. The van der Waals surface area contributed by atoms with E-state index < -0.39 is 0 Å². The largest absolute Gasteiger partial charge is 0.368 e. The fourth-order valence-electron chi connectivity index (χ4n) is 3.50. The van der Waals surface area contributed by atoms with Crippen LogP contribution < -0.4 is 16.4 Å². The number of halogens is 1. The molecule has 0 radical (unpaired) electrons. The van der Waals surface area contributed by atoms with Crippen molar-refractivity contribution in [2.24, 2.45) is 0 Å². The van der Waals surface area contributed by atoms with E-state index in [1.165, 1.54) is 32.1 Å². The minimum atomic E-state index is 0.263. The lowest BCUT2D eigenvalue weighted by Crippen LogP contribution is -2.22. The molecule has 4 N–H and O–H groups in total. The molecule has 7 nitrogen and oxygen atoms in total. The third kappa shape index (κ3) is 5.12. The monoisotopic (exact) mass is 409 g/mol. The fourth-order valence-corrected chi connectivity index (χ4v) is 3.70. The van der Waals surface area contributed by atoms with Gasteiger partial charge in [-0.25, -0.2) is 19.9 Å². The van der Waals surface area contributed by atoms with Crippen LogP contribution in [-0.2, 0) is 6.54 Å². The van der Waals surface area contributed by atoms with Crippen LogP contribution >= 0.6 is 11.6 Å². The quantitative estimate of drug-likeness (QED) is 0.549. The van der Waals surface area contributed by atoms with Gasteiger partial charge in [0.1, 0.15) is 11.6 Å². The van der Waals surface area contributed by atoms with Crippen molar-refractivity contribution in [1.82, 2.24) is 19.9 Å². The number of nitrogens with one attached hydrogen (secondary N) is 2. The lowest BCUT2D eigenvalue weighted by atomic mass is 9.95. The summed E-state index contributed by atoms with van der Waals surface area (Å²) < 4.78 is 0. The zero-order valence-corrected chi connectivity index (χ0v) is 16.9. The van der Waals surface area contributed by atoms with Crippen LogP contribution in [0.3, 0.4) is 0 Å². The highest BCUT2D eigenvalue weighted by molar-refractivity contribution is 6.33. The Kier molecular flexibility index (Phi) is 6.05. The Hall–Kier alpha value is -2.93. The Bertz CT molecular complexity index is 955. The van der Waals surface area contributed by atoms with E-state index in [1.807, 2.05) is 24.3 Å². The highest BCUT2D eigenvalue weighted by Gasteiger charge is 2.15. The van der Waals surface area contributed by atoms with Gasteiger partial charge in [0.25, 0.3) is 0 Å². The van der Waals surface area contributed by atoms with E-state index in [-0.39, 0.29) is 5.95 Å². The second-order valence-electron chi connectivity index (χ2n) is 7.24. The summed E-state index contributed by atoms with van der Waals surface area (Å²) in [6.07, 6.45) is 11.3. The van der Waals surface area contributed by atoms with Crippen molar-refractivity contribution in [2.75, 3.05) is 16.4 Å². The molecule has 150 valence electrons. The van der Waals surface area contributed by atoms with Gasteiger partial charge in [-0.1, -0.05) is 36.9 Å². The minimum absolute atomic E-state index is 0.263. The predicted octanol–water partition coefficient (Wildman–Crippen LogP) is 4.53. The number of hydrogen-bond acceptors (Lipinski definition) is 7. The molecule has 0 unspecified atom stereocenters. The third-order valence-electron chi connectivity index (χ3n) is 5.04. The number of nitrogens with two attached hydrogens (primary N) is 1. The van der Waals surface area contributed by atoms with Crippen molar-refractivity contribution in [1.29, 1.82) is 0 Å². The number of nitrogen functional groups attached to an aromatic ring is 1. The van der Waals surface area contributed by atoms with E-state index in [1.54, 1.807) is 18.6 Å². The number of rotatable bonds is 6. The van der Waals surface area contributed by atoms with Gasteiger partial charge in [-0.3, -0.25) is 0 Å². The minimum Gasteiger partial charge on any atom is -0.368 e. The lowest BCUT2D eigenvalue weighted by Gasteiger charge is -2.23. The van der Waals surface area contributed by atoms with Crippen molar-refractivity contribution in [2.45, 2.75) is 44.7 Å². The zero-order valence-electron chi connectivity index (χ0n) is 16.1. The first-order valence-corrected chi connectivity index (χ1v) is 10.2. The molecular weight excluding hydrogens is 386 g/mol. The summed E-state index contributed by atoms with van der Waals surface area (Å²) in [5.74, 6) is 1.85. The van der Waals surface area contributed by atoms with E-state index in [0.717, 1.165) is 28.5 Å². The van der Waals surface area contributed by atoms with Crippen LogP contribution in [0.1, 0.15) is 37.7 Å². The van der Waals surface area contributed by atoms with Crippen LogP contribution in [-0.4, -0.2) is 26.0 Å². The molecule has 1 aliphatic carbocycles. The maximum atomic E-state index is 6.43. The molecule has 0 amide bonds. The van der Waals surface area contributed by atoms with Crippen LogP contribution in [0.25, 0.3) is 11.3 Å². The second-order valence-corrected chi connectivity index (χ2v) is 7.65. The van der Waals surface area contributed by atoms with Gasteiger partial charge >= 0.3 is 0 Å². The summed E-state index contributed by atoms with van der Waals surface area (Å²) in [7, 11) is 0. The molecule has 0 bridgehead atoms. The number of hydrogen-bond donors (Lipinski definition) is 3. The molecule has 1 saturated carbocycles. The van der Waals surface area contributed by atoms with Crippen molar-refractivity contribution in [3.8, 4) is 11.3 Å². The van der Waals surface area contributed by atoms with Gasteiger partial charge in [-0.15, -0.1) is 0 Å². The fraction of sp³-hybridized carbons (Fsp3) is 0.333. The Labute approximate surface area is 175 Å². The molecule has 4 rings (SSSR count). The Morgan fingerprint density at radius 2 is 1.79 bits per heavy atom. The first-order chi connectivity index (χ1) is 14.2. The Balaban J connectivity index is 1.49. The maximum Gasteiger partial charge on any atom is 0.219 e. The van der Waals surface area contributed by atoms with E-state index in [2.05, 4.69) is 25.6 Å². The van der Waals surface area contributed by atoms with E-state index in [9.17, 15) is 0 Å². The Morgan fingerprint density at radius 1 is 1.00 bits per heavy atom. The van der Waals surface area contributed by atoms with Crippen molar-refractivity contribution >= 4 is 29.2 Å². The normalized spacial score (nSPS) is 14.5.